The Balaban J connectivity index is 1.97. The topological polar surface area (TPSA) is 20.2 Å². The standard InChI is InChI=1S/C12H16O/c1-10-4-2-3-5-11(10)6-7-12(13)8-9-12/h2-5,13H,6-9H2,1H3. The van der Waals surface area contributed by atoms with Crippen LogP contribution in [0.2, 0.25) is 0 Å². The lowest BCUT2D eigenvalue weighted by Gasteiger charge is -2.08. The van der Waals surface area contributed by atoms with Crippen LogP contribution < -0.4 is 0 Å². The van der Waals surface area contributed by atoms with Gasteiger partial charge in [0.05, 0.1) is 5.60 Å². The Morgan fingerprint density at radius 2 is 2.00 bits per heavy atom. The lowest BCUT2D eigenvalue weighted by atomic mass is 10.0. The largest absolute Gasteiger partial charge is 0.390 e. The van der Waals surface area contributed by atoms with E-state index in [1.807, 2.05) is 0 Å². The molecule has 1 heteroatoms. The zero-order valence-corrected chi connectivity index (χ0v) is 8.09. The molecule has 0 amide bonds. The molecule has 1 N–H and O–H groups in total. The molecule has 1 aromatic carbocycles. The van der Waals surface area contributed by atoms with Gasteiger partial charge < -0.3 is 5.11 Å². The van der Waals surface area contributed by atoms with E-state index in [2.05, 4.69) is 31.2 Å². The van der Waals surface area contributed by atoms with Crippen molar-refractivity contribution in [1.82, 2.24) is 0 Å². The molecule has 0 heterocycles. The average Bonchev–Trinajstić information content (AvgIpc) is 2.83. The van der Waals surface area contributed by atoms with E-state index in [9.17, 15) is 5.11 Å². The maximum atomic E-state index is 9.68. The van der Waals surface area contributed by atoms with Crippen molar-refractivity contribution in [3.8, 4) is 0 Å². The van der Waals surface area contributed by atoms with Crippen LogP contribution in [0.1, 0.15) is 30.4 Å². The van der Waals surface area contributed by atoms with Crippen molar-refractivity contribution in [2.24, 2.45) is 0 Å². The first-order chi connectivity index (χ1) is 6.20. The first-order valence-corrected chi connectivity index (χ1v) is 4.97. The van der Waals surface area contributed by atoms with Gasteiger partial charge in [-0.15, -0.1) is 0 Å². The van der Waals surface area contributed by atoms with Crippen molar-refractivity contribution in [3.63, 3.8) is 0 Å². The van der Waals surface area contributed by atoms with E-state index in [0.717, 1.165) is 25.7 Å². The molecule has 0 atom stereocenters. The third kappa shape index (κ3) is 2.10. The van der Waals surface area contributed by atoms with E-state index in [4.69, 9.17) is 0 Å². The quantitative estimate of drug-likeness (QED) is 0.750. The van der Waals surface area contributed by atoms with E-state index in [1.165, 1.54) is 11.1 Å². The summed E-state index contributed by atoms with van der Waals surface area (Å²) in [6.45, 7) is 2.13. The maximum absolute atomic E-state index is 9.68. The van der Waals surface area contributed by atoms with Gasteiger partial charge in [0.25, 0.3) is 0 Å². The van der Waals surface area contributed by atoms with Crippen molar-refractivity contribution in [2.45, 2.75) is 38.2 Å². The van der Waals surface area contributed by atoms with Gasteiger partial charge in [0, 0.05) is 0 Å². The third-order valence-electron chi connectivity index (χ3n) is 2.95. The molecule has 2 rings (SSSR count). The fourth-order valence-electron chi connectivity index (χ4n) is 1.65. The SMILES string of the molecule is Cc1ccccc1CCC1(O)CC1. The first kappa shape index (κ1) is 8.76. The van der Waals surface area contributed by atoms with Gasteiger partial charge >= 0.3 is 0 Å². The number of hydrogen-bond donors (Lipinski definition) is 1. The predicted molar refractivity (Wildman–Crippen MR) is 53.7 cm³/mol. The second-order valence-corrected chi connectivity index (χ2v) is 4.15. The summed E-state index contributed by atoms with van der Waals surface area (Å²) < 4.78 is 0. The Kier molecular flexibility index (Phi) is 2.12. The van der Waals surface area contributed by atoms with E-state index in [0.29, 0.717) is 0 Å². The number of hydrogen-bond acceptors (Lipinski definition) is 1. The van der Waals surface area contributed by atoms with Crippen molar-refractivity contribution in [3.05, 3.63) is 35.4 Å². The highest BCUT2D eigenvalue weighted by atomic mass is 16.3. The van der Waals surface area contributed by atoms with E-state index < -0.39 is 0 Å². The number of benzene rings is 1. The summed E-state index contributed by atoms with van der Waals surface area (Å²) in [6.07, 6.45) is 3.94. The van der Waals surface area contributed by atoms with Crippen molar-refractivity contribution < 1.29 is 5.11 Å². The van der Waals surface area contributed by atoms with Crippen molar-refractivity contribution >= 4 is 0 Å². The first-order valence-electron chi connectivity index (χ1n) is 4.97. The van der Waals surface area contributed by atoms with Crippen LogP contribution in [0.5, 0.6) is 0 Å². The second kappa shape index (κ2) is 3.15. The monoisotopic (exact) mass is 176 g/mol. The smallest absolute Gasteiger partial charge is 0.0653 e. The van der Waals surface area contributed by atoms with Crippen LogP contribution in [-0.4, -0.2) is 10.7 Å². The van der Waals surface area contributed by atoms with Gasteiger partial charge in [-0.1, -0.05) is 24.3 Å². The van der Waals surface area contributed by atoms with Gasteiger partial charge in [0.2, 0.25) is 0 Å². The van der Waals surface area contributed by atoms with Crippen LogP contribution in [-0.2, 0) is 6.42 Å². The van der Waals surface area contributed by atoms with Gasteiger partial charge in [0.1, 0.15) is 0 Å². The highest BCUT2D eigenvalue weighted by Gasteiger charge is 2.39. The highest BCUT2D eigenvalue weighted by Crippen LogP contribution is 2.39. The summed E-state index contributed by atoms with van der Waals surface area (Å²) in [5, 5.41) is 9.68. The van der Waals surface area contributed by atoms with E-state index in [-0.39, 0.29) is 5.60 Å². The second-order valence-electron chi connectivity index (χ2n) is 4.15. The maximum Gasteiger partial charge on any atom is 0.0653 e. The Labute approximate surface area is 79.4 Å². The van der Waals surface area contributed by atoms with Crippen molar-refractivity contribution in [1.29, 1.82) is 0 Å². The van der Waals surface area contributed by atoms with Crippen LogP contribution in [0, 0.1) is 6.92 Å². The molecule has 13 heavy (non-hydrogen) atoms. The molecule has 1 aliphatic carbocycles. The van der Waals surface area contributed by atoms with Gasteiger partial charge in [-0.2, -0.15) is 0 Å². The number of aryl methyl sites for hydroxylation is 2. The highest BCUT2D eigenvalue weighted by molar-refractivity contribution is 5.26. The lowest BCUT2D eigenvalue weighted by molar-refractivity contribution is 0.140. The molecule has 0 aliphatic heterocycles. The minimum absolute atomic E-state index is 0.303. The molecule has 0 aromatic heterocycles. The summed E-state index contributed by atoms with van der Waals surface area (Å²) in [5.74, 6) is 0. The predicted octanol–water partition coefficient (Wildman–Crippen LogP) is 2.45. The number of rotatable bonds is 3. The summed E-state index contributed by atoms with van der Waals surface area (Å²) >= 11 is 0. The van der Waals surface area contributed by atoms with Crippen LogP contribution in [0.25, 0.3) is 0 Å². The summed E-state index contributed by atoms with van der Waals surface area (Å²) in [4.78, 5) is 0. The van der Waals surface area contributed by atoms with Gasteiger partial charge in [-0.3, -0.25) is 0 Å². The Bertz CT molecular complexity index is 300. The molecule has 0 bridgehead atoms. The molecule has 0 radical (unpaired) electrons. The Morgan fingerprint density at radius 3 is 2.62 bits per heavy atom. The molecular weight excluding hydrogens is 160 g/mol. The fourth-order valence-corrected chi connectivity index (χ4v) is 1.65. The average molecular weight is 176 g/mol. The lowest BCUT2D eigenvalue weighted by Crippen LogP contribution is -2.08. The van der Waals surface area contributed by atoms with E-state index >= 15 is 0 Å². The molecule has 0 spiro atoms. The van der Waals surface area contributed by atoms with Crippen LogP contribution in [0.15, 0.2) is 24.3 Å². The van der Waals surface area contributed by atoms with E-state index in [1.54, 1.807) is 0 Å². The third-order valence-corrected chi connectivity index (χ3v) is 2.95. The van der Waals surface area contributed by atoms with Gasteiger partial charge in [-0.25, -0.2) is 0 Å². The van der Waals surface area contributed by atoms with Gasteiger partial charge in [0.15, 0.2) is 0 Å². The Morgan fingerprint density at radius 1 is 1.31 bits per heavy atom. The number of aliphatic hydroxyl groups is 1. The molecule has 1 fully saturated rings. The van der Waals surface area contributed by atoms with Crippen LogP contribution >= 0.6 is 0 Å². The normalized spacial score (nSPS) is 18.6. The molecule has 70 valence electrons. The minimum atomic E-state index is -0.303. The molecule has 0 saturated heterocycles. The summed E-state index contributed by atoms with van der Waals surface area (Å²) in [7, 11) is 0. The summed E-state index contributed by atoms with van der Waals surface area (Å²) in [5.41, 5.74) is 2.41. The van der Waals surface area contributed by atoms with Crippen molar-refractivity contribution in [2.75, 3.05) is 0 Å². The molecule has 1 nitrogen and oxygen atoms in total. The zero-order chi connectivity index (χ0) is 9.31. The summed E-state index contributed by atoms with van der Waals surface area (Å²) in [6, 6.07) is 8.41. The zero-order valence-electron chi connectivity index (χ0n) is 8.09. The molecular formula is C12H16O. The minimum Gasteiger partial charge on any atom is -0.390 e. The van der Waals surface area contributed by atoms with Gasteiger partial charge in [-0.05, 0) is 43.7 Å². The van der Waals surface area contributed by atoms with Crippen LogP contribution in [0.4, 0.5) is 0 Å². The molecule has 1 aromatic rings. The molecule has 1 saturated carbocycles. The van der Waals surface area contributed by atoms with Crippen LogP contribution in [0.3, 0.4) is 0 Å². The molecule has 0 unspecified atom stereocenters. The fraction of sp³-hybridized carbons (Fsp3) is 0.500. The molecule has 1 aliphatic rings. The Hall–Kier alpha value is -0.820.